The lowest BCUT2D eigenvalue weighted by molar-refractivity contribution is 0.374. The van der Waals surface area contributed by atoms with E-state index in [0.717, 1.165) is 5.39 Å². The number of phenols is 1. The van der Waals surface area contributed by atoms with Gasteiger partial charge in [0.15, 0.2) is 11.5 Å². The van der Waals surface area contributed by atoms with Gasteiger partial charge >= 0.3 is 0 Å². The lowest BCUT2D eigenvalue weighted by Crippen LogP contribution is -1.90. The molecule has 0 aliphatic carbocycles. The predicted octanol–water partition coefficient (Wildman–Crippen LogP) is 4.39. The Balaban J connectivity index is 2.09. The third kappa shape index (κ3) is 2.71. The van der Waals surface area contributed by atoms with Crippen LogP contribution in [0.15, 0.2) is 48.7 Å². The lowest BCUT2D eigenvalue weighted by atomic mass is 10.2. The highest BCUT2D eigenvalue weighted by atomic mass is 35.5. The van der Waals surface area contributed by atoms with Crippen molar-refractivity contribution < 1.29 is 14.6 Å². The van der Waals surface area contributed by atoms with Crippen LogP contribution < -0.4 is 9.47 Å². The molecule has 3 aromatic rings. The molecule has 4 nitrogen and oxygen atoms in total. The zero-order chi connectivity index (χ0) is 14.8. The quantitative estimate of drug-likeness (QED) is 0.779. The Kier molecular flexibility index (Phi) is 3.54. The largest absolute Gasteiger partial charge is 0.504 e. The van der Waals surface area contributed by atoms with Gasteiger partial charge in [-0.15, -0.1) is 0 Å². The molecular weight excluding hydrogens is 290 g/mol. The Morgan fingerprint density at radius 2 is 1.95 bits per heavy atom. The number of methoxy groups -OCH3 is 1. The van der Waals surface area contributed by atoms with Gasteiger partial charge in [0, 0.05) is 22.7 Å². The average Bonchev–Trinajstić information content (AvgIpc) is 2.47. The zero-order valence-corrected chi connectivity index (χ0v) is 12.0. The third-order valence-corrected chi connectivity index (χ3v) is 3.26. The van der Waals surface area contributed by atoms with Crippen LogP contribution in [-0.2, 0) is 0 Å². The highest BCUT2D eigenvalue weighted by molar-refractivity contribution is 6.30. The first-order chi connectivity index (χ1) is 10.2. The maximum absolute atomic E-state index is 9.80. The summed E-state index contributed by atoms with van der Waals surface area (Å²) < 4.78 is 11.0. The van der Waals surface area contributed by atoms with E-state index >= 15 is 0 Å². The van der Waals surface area contributed by atoms with Gasteiger partial charge < -0.3 is 14.6 Å². The Hall–Kier alpha value is -2.46. The van der Waals surface area contributed by atoms with Gasteiger partial charge in [0.2, 0.25) is 0 Å². The van der Waals surface area contributed by atoms with E-state index in [2.05, 4.69) is 4.98 Å². The molecule has 1 N–H and O–H groups in total. The molecular formula is C16H12ClNO3. The molecule has 3 rings (SSSR count). The van der Waals surface area contributed by atoms with Crippen molar-refractivity contribution in [2.24, 2.45) is 0 Å². The summed E-state index contributed by atoms with van der Waals surface area (Å²) in [4.78, 5) is 4.22. The minimum Gasteiger partial charge on any atom is -0.504 e. The van der Waals surface area contributed by atoms with Crippen molar-refractivity contribution in [3.8, 4) is 23.0 Å². The van der Waals surface area contributed by atoms with Gasteiger partial charge in [-0.1, -0.05) is 17.7 Å². The molecule has 0 bridgehead atoms. The number of benzene rings is 2. The van der Waals surface area contributed by atoms with E-state index < -0.39 is 0 Å². The van der Waals surface area contributed by atoms with Crippen molar-refractivity contribution >= 4 is 22.5 Å². The molecule has 0 aliphatic heterocycles. The van der Waals surface area contributed by atoms with Gasteiger partial charge in [0.05, 0.1) is 12.6 Å². The van der Waals surface area contributed by atoms with Crippen molar-refractivity contribution in [3.05, 3.63) is 53.7 Å². The number of fused-ring (bicyclic) bond motifs is 1. The number of hydrogen-bond acceptors (Lipinski definition) is 4. The number of pyridine rings is 1. The van der Waals surface area contributed by atoms with Crippen LogP contribution in [0.1, 0.15) is 0 Å². The first-order valence-corrected chi connectivity index (χ1v) is 6.64. The summed E-state index contributed by atoms with van der Waals surface area (Å²) in [5, 5.41) is 11.1. The van der Waals surface area contributed by atoms with E-state index in [1.54, 1.807) is 36.5 Å². The summed E-state index contributed by atoms with van der Waals surface area (Å²) in [5.41, 5.74) is 0.618. The average molecular weight is 302 g/mol. The van der Waals surface area contributed by atoms with E-state index in [9.17, 15) is 5.11 Å². The van der Waals surface area contributed by atoms with Gasteiger partial charge in [-0.3, -0.25) is 4.98 Å². The topological polar surface area (TPSA) is 51.6 Å². The fraction of sp³-hybridized carbons (Fsp3) is 0.0625. The third-order valence-electron chi connectivity index (χ3n) is 3.03. The van der Waals surface area contributed by atoms with Crippen molar-refractivity contribution in [1.82, 2.24) is 4.98 Å². The van der Waals surface area contributed by atoms with Gasteiger partial charge in [0.1, 0.15) is 11.5 Å². The second-order valence-corrected chi connectivity index (χ2v) is 4.85. The minimum absolute atomic E-state index is 0.0393. The molecule has 0 radical (unpaired) electrons. The molecule has 21 heavy (non-hydrogen) atoms. The fourth-order valence-electron chi connectivity index (χ4n) is 2.05. The molecule has 0 saturated heterocycles. The predicted molar refractivity (Wildman–Crippen MR) is 81.5 cm³/mol. The molecule has 0 saturated carbocycles. The highest BCUT2D eigenvalue weighted by Gasteiger charge is 2.10. The molecule has 0 unspecified atom stereocenters. The molecule has 1 heterocycles. The maximum Gasteiger partial charge on any atom is 0.161 e. The first-order valence-electron chi connectivity index (χ1n) is 6.26. The smallest absolute Gasteiger partial charge is 0.161 e. The SMILES string of the molecule is COc1cc2c(Oc3cccc(Cl)c3)ccnc2cc1O. The molecule has 106 valence electrons. The molecule has 2 aromatic carbocycles. The molecule has 0 aliphatic rings. The number of halogens is 1. The molecule has 0 fully saturated rings. The number of nitrogens with zero attached hydrogens (tertiary/aromatic N) is 1. The minimum atomic E-state index is 0.0393. The number of aromatic hydroxyl groups is 1. The summed E-state index contributed by atoms with van der Waals surface area (Å²) in [6, 6.07) is 12.1. The van der Waals surface area contributed by atoms with Gasteiger partial charge in [-0.05, 0) is 30.3 Å². The van der Waals surface area contributed by atoms with E-state index in [4.69, 9.17) is 21.1 Å². The number of hydrogen-bond donors (Lipinski definition) is 1. The molecule has 0 amide bonds. The number of aromatic nitrogens is 1. The lowest BCUT2D eigenvalue weighted by Gasteiger charge is -2.10. The highest BCUT2D eigenvalue weighted by Crippen LogP contribution is 2.36. The Labute approximate surface area is 126 Å². The second kappa shape index (κ2) is 5.50. The van der Waals surface area contributed by atoms with Crippen LogP contribution in [0.5, 0.6) is 23.0 Å². The van der Waals surface area contributed by atoms with Crippen LogP contribution in [0, 0.1) is 0 Å². The molecule has 1 aromatic heterocycles. The van der Waals surface area contributed by atoms with Gasteiger partial charge in [-0.2, -0.15) is 0 Å². The number of ether oxygens (including phenoxy) is 2. The van der Waals surface area contributed by atoms with E-state index in [1.807, 2.05) is 12.1 Å². The zero-order valence-electron chi connectivity index (χ0n) is 11.2. The van der Waals surface area contributed by atoms with E-state index in [-0.39, 0.29) is 5.75 Å². The second-order valence-electron chi connectivity index (χ2n) is 4.41. The van der Waals surface area contributed by atoms with Gasteiger partial charge in [0.25, 0.3) is 0 Å². The monoisotopic (exact) mass is 301 g/mol. The first kappa shape index (κ1) is 13.5. The summed E-state index contributed by atoms with van der Waals surface area (Å²) in [6.07, 6.45) is 1.62. The molecule has 5 heteroatoms. The molecule has 0 spiro atoms. The van der Waals surface area contributed by atoms with Crippen molar-refractivity contribution in [2.75, 3.05) is 7.11 Å². The van der Waals surface area contributed by atoms with Gasteiger partial charge in [-0.25, -0.2) is 0 Å². The summed E-state index contributed by atoms with van der Waals surface area (Å²) in [6.45, 7) is 0. The van der Waals surface area contributed by atoms with Crippen molar-refractivity contribution in [1.29, 1.82) is 0 Å². The van der Waals surface area contributed by atoms with Crippen LogP contribution in [0.25, 0.3) is 10.9 Å². The summed E-state index contributed by atoms with van der Waals surface area (Å²) >= 11 is 5.95. The fourth-order valence-corrected chi connectivity index (χ4v) is 2.23. The van der Waals surface area contributed by atoms with Crippen molar-refractivity contribution in [3.63, 3.8) is 0 Å². The van der Waals surface area contributed by atoms with Crippen LogP contribution in [0.3, 0.4) is 0 Å². The van der Waals surface area contributed by atoms with Crippen LogP contribution in [0.4, 0.5) is 0 Å². The maximum atomic E-state index is 9.80. The van der Waals surface area contributed by atoms with Crippen molar-refractivity contribution in [2.45, 2.75) is 0 Å². The van der Waals surface area contributed by atoms with E-state index in [1.165, 1.54) is 7.11 Å². The van der Waals surface area contributed by atoms with Crippen LogP contribution in [-0.4, -0.2) is 17.2 Å². The van der Waals surface area contributed by atoms with Crippen LogP contribution in [0.2, 0.25) is 5.02 Å². The summed E-state index contributed by atoms with van der Waals surface area (Å²) in [7, 11) is 1.49. The standard InChI is InChI=1S/C16H12ClNO3/c1-20-16-8-12-13(9-14(16)19)18-6-5-15(12)21-11-4-2-3-10(17)7-11/h2-9,19H,1H3. The normalized spacial score (nSPS) is 10.6. The number of rotatable bonds is 3. The molecule has 0 atom stereocenters. The van der Waals surface area contributed by atoms with E-state index in [0.29, 0.717) is 27.8 Å². The number of phenolic OH excluding ortho intramolecular Hbond substituents is 1. The Morgan fingerprint density at radius 3 is 2.71 bits per heavy atom. The summed E-state index contributed by atoms with van der Waals surface area (Å²) in [5.74, 6) is 1.64. The Morgan fingerprint density at radius 1 is 1.10 bits per heavy atom. The van der Waals surface area contributed by atoms with Crippen LogP contribution >= 0.6 is 11.6 Å². The Bertz CT molecular complexity index is 805.